The van der Waals surface area contributed by atoms with Crippen molar-refractivity contribution in [1.82, 2.24) is 14.7 Å². The molecule has 2 aromatic heterocycles. The molecule has 0 atom stereocenters. The van der Waals surface area contributed by atoms with Crippen LogP contribution in [-0.4, -0.2) is 22.5 Å². The second-order valence-corrected chi connectivity index (χ2v) is 6.88. The van der Waals surface area contributed by atoms with Gasteiger partial charge in [0.25, 0.3) is 0 Å². The maximum Gasteiger partial charge on any atom is 0.237 e. The number of imidazole rings is 1. The van der Waals surface area contributed by atoms with Gasteiger partial charge in [0.2, 0.25) is 5.88 Å². The van der Waals surface area contributed by atoms with Crippen molar-refractivity contribution in [2.75, 3.05) is 7.11 Å². The normalized spacial score (nSPS) is 22.8. The molecule has 0 spiro atoms. The van der Waals surface area contributed by atoms with E-state index in [1.165, 1.54) is 38.5 Å². The molecule has 0 aromatic carbocycles. The highest BCUT2D eigenvalue weighted by molar-refractivity contribution is 7.15. The molecule has 0 aliphatic heterocycles. The quantitative estimate of drug-likeness (QED) is 0.881. The van der Waals surface area contributed by atoms with Crippen LogP contribution in [0.5, 0.6) is 5.88 Å². The molecule has 0 saturated heterocycles. The molecule has 2 heterocycles. The second kappa shape index (κ2) is 6.79. The summed E-state index contributed by atoms with van der Waals surface area (Å²) >= 11 is 1.65. The highest BCUT2D eigenvalue weighted by atomic mass is 32.1. The third-order valence-corrected chi connectivity index (χ3v) is 5.38. The summed E-state index contributed by atoms with van der Waals surface area (Å²) in [7, 11) is 1.70. The van der Waals surface area contributed by atoms with E-state index in [0.29, 0.717) is 6.04 Å². The van der Waals surface area contributed by atoms with Crippen molar-refractivity contribution in [1.29, 1.82) is 0 Å². The summed E-state index contributed by atoms with van der Waals surface area (Å²) in [5.74, 6) is 1.72. The molecule has 0 radical (unpaired) electrons. The Bertz CT molecular complexity index is 569. The molecule has 4 nitrogen and oxygen atoms in total. The van der Waals surface area contributed by atoms with Crippen LogP contribution in [0.1, 0.15) is 51.1 Å². The molecule has 1 aliphatic carbocycles. The van der Waals surface area contributed by atoms with Crippen molar-refractivity contribution in [2.45, 2.75) is 58.0 Å². The Hall–Kier alpha value is -1.07. The summed E-state index contributed by atoms with van der Waals surface area (Å²) < 4.78 is 7.55. The van der Waals surface area contributed by atoms with Gasteiger partial charge in [-0.15, -0.1) is 11.3 Å². The average molecular weight is 307 g/mol. The first-order valence-corrected chi connectivity index (χ1v) is 8.91. The molecular weight excluding hydrogens is 282 g/mol. The minimum absolute atomic E-state index is 0.645. The van der Waals surface area contributed by atoms with Crippen molar-refractivity contribution < 1.29 is 4.74 Å². The number of hydrogen-bond acceptors (Lipinski definition) is 4. The number of nitrogens with zero attached hydrogens (tertiary/aromatic N) is 2. The fraction of sp³-hybridized carbons (Fsp3) is 0.688. The van der Waals surface area contributed by atoms with E-state index in [1.54, 1.807) is 18.4 Å². The third kappa shape index (κ3) is 3.24. The predicted octanol–water partition coefficient (Wildman–Crippen LogP) is 3.85. The smallest absolute Gasteiger partial charge is 0.237 e. The predicted molar refractivity (Wildman–Crippen MR) is 87.1 cm³/mol. The molecule has 1 fully saturated rings. The van der Waals surface area contributed by atoms with Crippen molar-refractivity contribution in [3.8, 4) is 5.88 Å². The van der Waals surface area contributed by atoms with Crippen LogP contribution < -0.4 is 10.1 Å². The first kappa shape index (κ1) is 14.9. The zero-order valence-corrected chi connectivity index (χ0v) is 13.8. The molecule has 2 aromatic rings. The first-order chi connectivity index (χ1) is 10.3. The van der Waals surface area contributed by atoms with Crippen LogP contribution in [0, 0.1) is 5.92 Å². The lowest BCUT2D eigenvalue weighted by Gasteiger charge is -2.29. The third-order valence-electron chi connectivity index (χ3n) is 4.62. The zero-order chi connectivity index (χ0) is 14.7. The van der Waals surface area contributed by atoms with E-state index in [0.717, 1.165) is 29.0 Å². The maximum atomic E-state index is 5.41. The number of ether oxygens (including phenoxy) is 1. The van der Waals surface area contributed by atoms with Gasteiger partial charge in [-0.3, -0.25) is 4.40 Å². The summed E-state index contributed by atoms with van der Waals surface area (Å²) in [6, 6.07) is 0.645. The van der Waals surface area contributed by atoms with E-state index < -0.39 is 0 Å². The summed E-state index contributed by atoms with van der Waals surface area (Å²) in [6.45, 7) is 3.13. The molecule has 21 heavy (non-hydrogen) atoms. The minimum atomic E-state index is 0.645. The van der Waals surface area contributed by atoms with Gasteiger partial charge in [0.1, 0.15) is 5.69 Å². The van der Waals surface area contributed by atoms with Crippen molar-refractivity contribution in [3.63, 3.8) is 0 Å². The molecule has 1 aliphatic rings. The van der Waals surface area contributed by atoms with Crippen LogP contribution >= 0.6 is 11.3 Å². The van der Waals surface area contributed by atoms with Crippen LogP contribution in [0.3, 0.4) is 0 Å². The number of fused-ring (bicyclic) bond motifs is 1. The molecule has 1 saturated carbocycles. The molecule has 1 N–H and O–H groups in total. The molecule has 3 rings (SSSR count). The second-order valence-electron chi connectivity index (χ2n) is 6.01. The summed E-state index contributed by atoms with van der Waals surface area (Å²) in [4.78, 5) is 5.52. The fourth-order valence-corrected chi connectivity index (χ4v) is 4.17. The minimum Gasteiger partial charge on any atom is -0.480 e. The van der Waals surface area contributed by atoms with Gasteiger partial charge in [-0.1, -0.05) is 19.8 Å². The lowest BCUT2D eigenvalue weighted by atomic mass is 9.83. The van der Waals surface area contributed by atoms with Gasteiger partial charge in [-0.25, -0.2) is 0 Å². The highest BCUT2D eigenvalue weighted by Crippen LogP contribution is 2.28. The number of thiazole rings is 1. The van der Waals surface area contributed by atoms with Crippen molar-refractivity contribution >= 4 is 16.3 Å². The van der Waals surface area contributed by atoms with Crippen molar-refractivity contribution in [2.24, 2.45) is 5.92 Å². The monoisotopic (exact) mass is 307 g/mol. The Morgan fingerprint density at radius 3 is 2.90 bits per heavy atom. The molecular formula is C16H25N3OS. The van der Waals surface area contributed by atoms with E-state index in [2.05, 4.69) is 33.2 Å². The standard InChI is InChI=1S/C16H25N3OS/c1-3-4-12-5-7-13(8-6-12)17-11-14-15(20-2)18-16-19(14)9-10-21-16/h9-10,12-13,17H,3-8,11H2,1-2H3. The topological polar surface area (TPSA) is 38.6 Å². The molecule has 5 heteroatoms. The molecule has 0 unspecified atom stereocenters. The SMILES string of the molecule is CCCC1CCC(NCc2c(OC)nc3sccn23)CC1. The Labute approximate surface area is 130 Å². The van der Waals surface area contributed by atoms with E-state index in [9.17, 15) is 0 Å². The number of methoxy groups -OCH3 is 1. The van der Waals surface area contributed by atoms with E-state index in [4.69, 9.17) is 4.74 Å². The van der Waals surface area contributed by atoms with Gasteiger partial charge in [0, 0.05) is 24.2 Å². The summed E-state index contributed by atoms with van der Waals surface area (Å²) in [5.41, 5.74) is 1.14. The van der Waals surface area contributed by atoms with E-state index >= 15 is 0 Å². The Kier molecular flexibility index (Phi) is 4.80. The van der Waals surface area contributed by atoms with Gasteiger partial charge in [0.15, 0.2) is 4.96 Å². The van der Waals surface area contributed by atoms with Crippen LogP contribution in [0.4, 0.5) is 0 Å². The Balaban J connectivity index is 1.58. The van der Waals surface area contributed by atoms with Gasteiger partial charge in [-0.2, -0.15) is 4.98 Å². The van der Waals surface area contributed by atoms with Gasteiger partial charge in [-0.05, 0) is 31.6 Å². The lowest BCUT2D eigenvalue weighted by molar-refractivity contribution is 0.276. The zero-order valence-electron chi connectivity index (χ0n) is 13.0. The van der Waals surface area contributed by atoms with E-state index in [-0.39, 0.29) is 0 Å². The number of aromatic nitrogens is 2. The molecule has 0 bridgehead atoms. The maximum absolute atomic E-state index is 5.41. The Morgan fingerprint density at radius 1 is 1.38 bits per heavy atom. The number of nitrogens with one attached hydrogen (secondary N) is 1. The Morgan fingerprint density at radius 2 is 2.19 bits per heavy atom. The highest BCUT2D eigenvalue weighted by Gasteiger charge is 2.21. The van der Waals surface area contributed by atoms with Gasteiger partial charge >= 0.3 is 0 Å². The average Bonchev–Trinajstić information content (AvgIpc) is 3.07. The molecule has 0 amide bonds. The largest absolute Gasteiger partial charge is 0.480 e. The first-order valence-electron chi connectivity index (χ1n) is 8.03. The number of hydrogen-bond donors (Lipinski definition) is 1. The fourth-order valence-electron chi connectivity index (χ4n) is 3.44. The summed E-state index contributed by atoms with van der Waals surface area (Å²) in [6.07, 6.45) is 10.2. The molecule has 116 valence electrons. The number of rotatable bonds is 6. The van der Waals surface area contributed by atoms with Crippen LogP contribution in [0.15, 0.2) is 11.6 Å². The van der Waals surface area contributed by atoms with Crippen molar-refractivity contribution in [3.05, 3.63) is 17.3 Å². The van der Waals surface area contributed by atoms with Crippen LogP contribution in [-0.2, 0) is 6.54 Å². The van der Waals surface area contributed by atoms with Crippen LogP contribution in [0.2, 0.25) is 0 Å². The van der Waals surface area contributed by atoms with Gasteiger partial charge < -0.3 is 10.1 Å². The summed E-state index contributed by atoms with van der Waals surface area (Å²) in [5, 5.41) is 5.78. The van der Waals surface area contributed by atoms with Crippen LogP contribution in [0.25, 0.3) is 4.96 Å². The van der Waals surface area contributed by atoms with E-state index in [1.807, 2.05) is 0 Å². The van der Waals surface area contributed by atoms with Gasteiger partial charge in [0.05, 0.1) is 7.11 Å². The lowest BCUT2D eigenvalue weighted by Crippen LogP contribution is -2.33.